The summed E-state index contributed by atoms with van der Waals surface area (Å²) >= 11 is 6.12. The zero-order chi connectivity index (χ0) is 26.2. The van der Waals surface area contributed by atoms with Gasteiger partial charge in [-0.1, -0.05) is 48.0 Å². The number of ether oxygens (including phenoxy) is 1. The number of methoxy groups -OCH3 is 1. The van der Waals surface area contributed by atoms with E-state index in [1.807, 2.05) is 53.1 Å². The van der Waals surface area contributed by atoms with Crippen molar-refractivity contribution in [2.45, 2.75) is 17.5 Å². The highest BCUT2D eigenvalue weighted by molar-refractivity contribution is 7.93. The summed E-state index contributed by atoms with van der Waals surface area (Å²) in [6.07, 6.45) is -1.11. The first-order valence-corrected chi connectivity index (χ1v) is 13.4. The van der Waals surface area contributed by atoms with Crippen molar-refractivity contribution in [1.29, 1.82) is 0 Å². The molecule has 0 spiro atoms. The molecule has 0 aliphatic carbocycles. The largest absolute Gasteiger partial charge is 0.495 e. The molecule has 5 rings (SSSR count). The minimum Gasteiger partial charge on any atom is -0.495 e. The molecule has 190 valence electrons. The SMILES string of the molecule is COc1ccc(Cl)cc1S(=O)(=O)N(C[C@@H](O)Cn1c2ccccc2c2ccccc21)c1ccc(F)cc1. The van der Waals surface area contributed by atoms with Crippen LogP contribution in [0.1, 0.15) is 0 Å². The molecule has 0 saturated carbocycles. The molecule has 1 atom stereocenters. The van der Waals surface area contributed by atoms with Crippen molar-refractivity contribution in [3.8, 4) is 5.75 Å². The normalized spacial score (nSPS) is 12.6. The summed E-state index contributed by atoms with van der Waals surface area (Å²) in [4.78, 5) is -0.157. The number of fused-ring (bicyclic) bond motifs is 3. The molecule has 0 aliphatic heterocycles. The third kappa shape index (κ3) is 4.75. The predicted molar refractivity (Wildman–Crippen MR) is 144 cm³/mol. The van der Waals surface area contributed by atoms with Gasteiger partial charge in [-0.25, -0.2) is 12.8 Å². The van der Waals surface area contributed by atoms with Crippen LogP contribution in [0.15, 0.2) is 95.9 Å². The second-order valence-electron chi connectivity index (χ2n) is 8.61. The van der Waals surface area contributed by atoms with E-state index in [2.05, 4.69) is 0 Å². The molecule has 1 heterocycles. The molecule has 6 nitrogen and oxygen atoms in total. The molecule has 4 aromatic carbocycles. The molecule has 9 heteroatoms. The number of rotatable bonds is 8. The van der Waals surface area contributed by atoms with Gasteiger partial charge in [0, 0.05) is 26.8 Å². The van der Waals surface area contributed by atoms with Gasteiger partial charge in [0.15, 0.2) is 0 Å². The summed E-state index contributed by atoms with van der Waals surface area (Å²) in [7, 11) is -2.90. The highest BCUT2D eigenvalue weighted by atomic mass is 35.5. The molecular formula is C28H24ClFN2O4S. The van der Waals surface area contributed by atoms with Gasteiger partial charge in [-0.15, -0.1) is 0 Å². The fraction of sp³-hybridized carbons (Fsp3) is 0.143. The van der Waals surface area contributed by atoms with Crippen LogP contribution in [0.25, 0.3) is 21.8 Å². The smallest absolute Gasteiger partial charge is 0.268 e. The number of anilines is 1. The maximum absolute atomic E-state index is 13.9. The van der Waals surface area contributed by atoms with Gasteiger partial charge in [-0.3, -0.25) is 4.31 Å². The van der Waals surface area contributed by atoms with Crippen LogP contribution < -0.4 is 9.04 Å². The number of hydrogen-bond donors (Lipinski definition) is 1. The molecule has 0 amide bonds. The fourth-order valence-corrected chi connectivity index (χ4v) is 6.50. The topological polar surface area (TPSA) is 71.8 Å². The Morgan fingerprint density at radius 1 is 0.946 bits per heavy atom. The number of halogens is 2. The second kappa shape index (κ2) is 10.0. The highest BCUT2D eigenvalue weighted by Crippen LogP contribution is 2.33. The lowest BCUT2D eigenvalue weighted by Gasteiger charge is -2.28. The first kappa shape index (κ1) is 25.1. The zero-order valence-electron chi connectivity index (χ0n) is 19.9. The average Bonchev–Trinajstić information content (AvgIpc) is 3.21. The van der Waals surface area contributed by atoms with Gasteiger partial charge < -0.3 is 14.4 Å². The van der Waals surface area contributed by atoms with Crippen molar-refractivity contribution in [1.82, 2.24) is 4.57 Å². The molecule has 5 aromatic rings. The third-order valence-corrected chi connectivity index (χ3v) is 8.31. The number of nitrogens with zero attached hydrogens (tertiary/aromatic N) is 2. The molecule has 1 N–H and O–H groups in total. The molecule has 0 unspecified atom stereocenters. The Balaban J connectivity index is 1.56. The molecule has 0 bridgehead atoms. The number of para-hydroxylation sites is 2. The lowest BCUT2D eigenvalue weighted by molar-refractivity contribution is 0.166. The Hall–Kier alpha value is -3.59. The summed E-state index contributed by atoms with van der Waals surface area (Å²) in [6, 6.07) is 25.1. The van der Waals surface area contributed by atoms with Crippen molar-refractivity contribution < 1.29 is 22.7 Å². The summed E-state index contributed by atoms with van der Waals surface area (Å²) in [5.41, 5.74) is 2.05. The van der Waals surface area contributed by atoms with E-state index in [1.165, 1.54) is 49.6 Å². The number of aromatic nitrogens is 1. The van der Waals surface area contributed by atoms with Gasteiger partial charge in [0.1, 0.15) is 16.5 Å². The fourth-order valence-electron chi connectivity index (χ4n) is 4.58. The maximum atomic E-state index is 13.9. The molecule has 0 radical (unpaired) electrons. The van der Waals surface area contributed by atoms with Gasteiger partial charge >= 0.3 is 0 Å². The minimum atomic E-state index is -4.26. The van der Waals surface area contributed by atoms with E-state index in [-0.39, 0.29) is 34.4 Å². The number of hydrogen-bond acceptors (Lipinski definition) is 4. The van der Waals surface area contributed by atoms with Crippen molar-refractivity contribution in [3.05, 3.63) is 102 Å². The van der Waals surface area contributed by atoms with E-state index in [0.717, 1.165) is 26.1 Å². The van der Waals surface area contributed by atoms with E-state index in [1.54, 1.807) is 0 Å². The van der Waals surface area contributed by atoms with E-state index in [0.29, 0.717) is 0 Å². The van der Waals surface area contributed by atoms with Crippen LogP contribution in [-0.2, 0) is 16.6 Å². The second-order valence-corrected chi connectivity index (χ2v) is 10.9. The third-order valence-electron chi connectivity index (χ3n) is 6.26. The van der Waals surface area contributed by atoms with Gasteiger partial charge in [0.25, 0.3) is 10.0 Å². The molecule has 0 saturated heterocycles. The molecule has 37 heavy (non-hydrogen) atoms. The zero-order valence-corrected chi connectivity index (χ0v) is 21.5. The van der Waals surface area contributed by atoms with Crippen molar-refractivity contribution >= 4 is 49.1 Å². The Morgan fingerprint density at radius 3 is 2.14 bits per heavy atom. The number of aliphatic hydroxyl groups excluding tert-OH is 1. The first-order valence-electron chi connectivity index (χ1n) is 11.6. The van der Waals surface area contributed by atoms with Gasteiger partial charge in [-0.05, 0) is 54.6 Å². The lowest BCUT2D eigenvalue weighted by atomic mass is 10.2. The monoisotopic (exact) mass is 538 g/mol. The summed E-state index contributed by atoms with van der Waals surface area (Å²) < 4.78 is 49.8. The maximum Gasteiger partial charge on any atom is 0.268 e. The van der Waals surface area contributed by atoms with Crippen LogP contribution in [0.5, 0.6) is 5.75 Å². The van der Waals surface area contributed by atoms with Crippen LogP contribution in [0.2, 0.25) is 5.02 Å². The van der Waals surface area contributed by atoms with E-state index in [9.17, 15) is 17.9 Å². The molecular weight excluding hydrogens is 515 g/mol. The van der Waals surface area contributed by atoms with E-state index in [4.69, 9.17) is 16.3 Å². The van der Waals surface area contributed by atoms with Crippen LogP contribution in [0, 0.1) is 5.82 Å². The number of aliphatic hydroxyl groups is 1. The Bertz CT molecular complexity index is 1630. The van der Waals surface area contributed by atoms with Crippen LogP contribution >= 0.6 is 11.6 Å². The predicted octanol–water partition coefficient (Wildman–Crippen LogP) is 5.85. The van der Waals surface area contributed by atoms with Crippen molar-refractivity contribution in [3.63, 3.8) is 0 Å². The lowest BCUT2D eigenvalue weighted by Crippen LogP contribution is -2.39. The first-order chi connectivity index (χ1) is 17.8. The van der Waals surface area contributed by atoms with Crippen LogP contribution in [0.4, 0.5) is 10.1 Å². The minimum absolute atomic E-state index is 0.105. The summed E-state index contributed by atoms with van der Waals surface area (Å²) in [5, 5.41) is 13.5. The quantitative estimate of drug-likeness (QED) is 0.269. The highest BCUT2D eigenvalue weighted by Gasteiger charge is 2.31. The molecule has 0 aliphatic rings. The van der Waals surface area contributed by atoms with E-state index >= 15 is 0 Å². The number of benzene rings is 4. The van der Waals surface area contributed by atoms with Gasteiger partial charge in [-0.2, -0.15) is 0 Å². The van der Waals surface area contributed by atoms with Crippen LogP contribution in [0.3, 0.4) is 0 Å². The van der Waals surface area contributed by atoms with Crippen molar-refractivity contribution in [2.24, 2.45) is 0 Å². The number of sulfonamides is 1. The standard InChI is InChI=1S/C28H24ClFN2O4S/c1-36-27-15-10-19(29)16-28(27)37(34,35)32(21-13-11-20(30)12-14-21)18-22(33)17-31-25-8-4-2-6-23(25)24-7-3-5-9-26(24)31/h2-16,22,33H,17-18H2,1H3/t22-/m0/s1. The molecule has 1 aromatic heterocycles. The summed E-state index contributed by atoms with van der Waals surface area (Å²) in [5.74, 6) is -0.402. The van der Waals surface area contributed by atoms with Crippen molar-refractivity contribution in [2.75, 3.05) is 18.0 Å². The van der Waals surface area contributed by atoms with E-state index < -0.39 is 21.9 Å². The molecule has 0 fully saturated rings. The van der Waals surface area contributed by atoms with Crippen LogP contribution in [-0.4, -0.2) is 37.8 Å². The Labute approximate surface area is 219 Å². The Morgan fingerprint density at radius 2 is 1.54 bits per heavy atom. The summed E-state index contributed by atoms with van der Waals surface area (Å²) in [6.45, 7) is -0.154. The Kier molecular flexibility index (Phi) is 6.81. The average molecular weight is 539 g/mol. The van der Waals surface area contributed by atoms with Gasteiger partial charge in [0.05, 0.1) is 32.0 Å². The van der Waals surface area contributed by atoms with Gasteiger partial charge in [0.2, 0.25) is 0 Å².